The molecule has 6 nitrogen and oxygen atoms in total. The molecule has 0 spiro atoms. The quantitative estimate of drug-likeness (QED) is 0.892. The Balaban J connectivity index is 2.11. The molecule has 114 valence electrons. The minimum atomic E-state index is -0.949. The minimum absolute atomic E-state index is 0.370. The molecule has 6 heteroatoms. The summed E-state index contributed by atoms with van der Waals surface area (Å²) < 4.78 is 5.10. The number of hydrogen-bond donors (Lipinski definition) is 2. The molecule has 21 heavy (non-hydrogen) atoms. The molecule has 0 saturated carbocycles. The fourth-order valence-electron chi connectivity index (χ4n) is 2.54. The number of urea groups is 1. The van der Waals surface area contributed by atoms with Gasteiger partial charge in [0, 0.05) is 24.9 Å². The van der Waals surface area contributed by atoms with Crippen molar-refractivity contribution in [2.24, 2.45) is 0 Å². The first-order valence-electron chi connectivity index (χ1n) is 7.00. The molecule has 0 bridgehead atoms. The number of methoxy groups -OCH3 is 1. The smallest absolute Gasteiger partial charge is 0.326 e. The van der Waals surface area contributed by atoms with Gasteiger partial charge in [0.05, 0.1) is 6.61 Å². The van der Waals surface area contributed by atoms with Crippen molar-refractivity contribution in [3.63, 3.8) is 0 Å². The molecule has 1 fully saturated rings. The molecule has 1 atom stereocenters. The topological polar surface area (TPSA) is 78.9 Å². The van der Waals surface area contributed by atoms with Gasteiger partial charge in [-0.25, -0.2) is 9.59 Å². The van der Waals surface area contributed by atoms with Gasteiger partial charge in [-0.1, -0.05) is 18.2 Å². The summed E-state index contributed by atoms with van der Waals surface area (Å²) in [5.74, 6) is -0.949. The molecule has 1 aliphatic heterocycles. The van der Waals surface area contributed by atoms with Crippen LogP contribution in [0.1, 0.15) is 24.8 Å². The summed E-state index contributed by atoms with van der Waals surface area (Å²) in [6.07, 6.45) is 2.17. The zero-order valence-electron chi connectivity index (χ0n) is 12.0. The van der Waals surface area contributed by atoms with Crippen molar-refractivity contribution in [1.29, 1.82) is 0 Å². The Labute approximate surface area is 123 Å². The lowest BCUT2D eigenvalue weighted by molar-refractivity contribution is -0.143. The molecule has 1 saturated heterocycles. The van der Waals surface area contributed by atoms with Crippen molar-refractivity contribution >= 4 is 17.7 Å². The van der Waals surface area contributed by atoms with E-state index >= 15 is 0 Å². The number of carboxylic acids is 1. The number of rotatable bonds is 4. The van der Waals surface area contributed by atoms with Crippen LogP contribution in [0.5, 0.6) is 0 Å². The molecular weight excluding hydrogens is 272 g/mol. The molecule has 1 unspecified atom stereocenters. The van der Waals surface area contributed by atoms with E-state index in [4.69, 9.17) is 4.74 Å². The first kappa shape index (κ1) is 15.3. The zero-order chi connectivity index (χ0) is 15.2. The standard InChI is InChI=1S/C15H20N2O4/c1-21-10-11-6-2-3-7-12(11)16-15(20)17-9-5-4-8-13(17)14(18)19/h2-3,6-7,13H,4-5,8-10H2,1H3,(H,16,20)(H,18,19). The predicted octanol–water partition coefficient (Wildman–Crippen LogP) is 2.30. The van der Waals surface area contributed by atoms with Crippen molar-refractivity contribution in [2.45, 2.75) is 31.9 Å². The largest absolute Gasteiger partial charge is 0.480 e. The van der Waals surface area contributed by atoms with E-state index < -0.39 is 12.0 Å². The number of nitrogens with one attached hydrogen (secondary N) is 1. The van der Waals surface area contributed by atoms with E-state index in [9.17, 15) is 14.7 Å². The number of carbonyl (C=O) groups is 2. The molecule has 1 aromatic carbocycles. The van der Waals surface area contributed by atoms with Crippen LogP contribution in [-0.4, -0.2) is 41.7 Å². The van der Waals surface area contributed by atoms with Crippen LogP contribution in [-0.2, 0) is 16.1 Å². The van der Waals surface area contributed by atoms with E-state index in [1.54, 1.807) is 13.2 Å². The molecule has 1 aliphatic rings. The van der Waals surface area contributed by atoms with E-state index in [2.05, 4.69) is 5.32 Å². The third-order valence-corrected chi connectivity index (χ3v) is 3.61. The van der Waals surface area contributed by atoms with E-state index in [-0.39, 0.29) is 6.03 Å². The van der Waals surface area contributed by atoms with Crippen LogP contribution in [0, 0.1) is 0 Å². The monoisotopic (exact) mass is 292 g/mol. The maximum Gasteiger partial charge on any atom is 0.326 e. The number of piperidine rings is 1. The number of para-hydroxylation sites is 1. The van der Waals surface area contributed by atoms with Crippen molar-refractivity contribution in [1.82, 2.24) is 4.90 Å². The Kier molecular flexibility index (Phi) is 5.16. The third-order valence-electron chi connectivity index (χ3n) is 3.61. The number of carboxylic acid groups (broad SMARTS) is 1. The van der Waals surface area contributed by atoms with Crippen LogP contribution in [0.3, 0.4) is 0 Å². The van der Waals surface area contributed by atoms with E-state index in [0.29, 0.717) is 25.3 Å². The van der Waals surface area contributed by atoms with Crippen molar-refractivity contribution in [3.05, 3.63) is 29.8 Å². The van der Waals surface area contributed by atoms with Crippen LogP contribution >= 0.6 is 0 Å². The van der Waals surface area contributed by atoms with Gasteiger partial charge >= 0.3 is 12.0 Å². The maximum atomic E-state index is 12.3. The highest BCUT2D eigenvalue weighted by molar-refractivity contribution is 5.93. The molecule has 2 N–H and O–H groups in total. The van der Waals surface area contributed by atoms with E-state index in [1.165, 1.54) is 4.90 Å². The average molecular weight is 292 g/mol. The SMILES string of the molecule is COCc1ccccc1NC(=O)N1CCCCC1C(=O)O. The molecular formula is C15H20N2O4. The number of amides is 2. The summed E-state index contributed by atoms with van der Waals surface area (Å²) in [5.41, 5.74) is 1.51. The van der Waals surface area contributed by atoms with Crippen LogP contribution < -0.4 is 5.32 Å². The van der Waals surface area contributed by atoms with E-state index in [1.807, 2.05) is 18.2 Å². The lowest BCUT2D eigenvalue weighted by Crippen LogP contribution is -2.49. The number of carbonyl (C=O) groups excluding carboxylic acids is 1. The van der Waals surface area contributed by atoms with Gasteiger partial charge in [0.1, 0.15) is 6.04 Å². The van der Waals surface area contributed by atoms with Crippen LogP contribution in [0.25, 0.3) is 0 Å². The second-order valence-electron chi connectivity index (χ2n) is 5.06. The van der Waals surface area contributed by atoms with Gasteiger partial charge in [-0.3, -0.25) is 0 Å². The first-order valence-corrected chi connectivity index (χ1v) is 7.00. The van der Waals surface area contributed by atoms with Gasteiger partial charge in [0.25, 0.3) is 0 Å². The molecule has 1 aromatic rings. The number of ether oxygens (including phenoxy) is 1. The Morgan fingerprint density at radius 1 is 1.38 bits per heavy atom. The van der Waals surface area contributed by atoms with Crippen molar-refractivity contribution < 1.29 is 19.4 Å². The first-order chi connectivity index (χ1) is 10.1. The average Bonchev–Trinajstić information content (AvgIpc) is 2.49. The second kappa shape index (κ2) is 7.08. The van der Waals surface area contributed by atoms with E-state index in [0.717, 1.165) is 18.4 Å². The summed E-state index contributed by atoms with van der Waals surface area (Å²) in [4.78, 5) is 25.0. The summed E-state index contributed by atoms with van der Waals surface area (Å²) >= 11 is 0. The fourth-order valence-corrected chi connectivity index (χ4v) is 2.54. The van der Waals surface area contributed by atoms with Crippen LogP contribution in [0.2, 0.25) is 0 Å². The summed E-state index contributed by atoms with van der Waals surface area (Å²) in [7, 11) is 1.59. The molecule has 1 heterocycles. The number of benzene rings is 1. The van der Waals surface area contributed by atoms with Gasteiger partial charge in [-0.15, -0.1) is 0 Å². The van der Waals surface area contributed by atoms with Gasteiger partial charge in [0.2, 0.25) is 0 Å². The lowest BCUT2D eigenvalue weighted by Gasteiger charge is -2.33. The highest BCUT2D eigenvalue weighted by atomic mass is 16.5. The Bertz CT molecular complexity index is 518. The third kappa shape index (κ3) is 3.72. The molecule has 0 aromatic heterocycles. The minimum Gasteiger partial charge on any atom is -0.480 e. The predicted molar refractivity (Wildman–Crippen MR) is 78.2 cm³/mol. The Morgan fingerprint density at radius 2 is 2.14 bits per heavy atom. The maximum absolute atomic E-state index is 12.3. The fraction of sp³-hybridized carbons (Fsp3) is 0.467. The number of aliphatic carboxylic acids is 1. The normalized spacial score (nSPS) is 18.3. The van der Waals surface area contributed by atoms with Gasteiger partial charge in [0.15, 0.2) is 0 Å². The Hall–Kier alpha value is -2.08. The summed E-state index contributed by atoms with van der Waals surface area (Å²) in [5, 5.41) is 12.0. The summed E-state index contributed by atoms with van der Waals surface area (Å²) in [6.45, 7) is 0.855. The van der Waals surface area contributed by atoms with Crippen LogP contribution in [0.15, 0.2) is 24.3 Å². The number of nitrogens with zero attached hydrogens (tertiary/aromatic N) is 1. The zero-order valence-corrected chi connectivity index (χ0v) is 12.0. The van der Waals surface area contributed by atoms with Crippen LogP contribution in [0.4, 0.5) is 10.5 Å². The van der Waals surface area contributed by atoms with Gasteiger partial charge in [-0.2, -0.15) is 0 Å². The highest BCUT2D eigenvalue weighted by Gasteiger charge is 2.32. The molecule has 2 rings (SSSR count). The number of hydrogen-bond acceptors (Lipinski definition) is 3. The Morgan fingerprint density at radius 3 is 2.86 bits per heavy atom. The van der Waals surface area contributed by atoms with Crippen molar-refractivity contribution in [2.75, 3.05) is 19.0 Å². The lowest BCUT2D eigenvalue weighted by atomic mass is 10.0. The van der Waals surface area contributed by atoms with Crippen molar-refractivity contribution in [3.8, 4) is 0 Å². The van der Waals surface area contributed by atoms with Gasteiger partial charge in [-0.05, 0) is 25.3 Å². The molecule has 0 radical (unpaired) electrons. The summed E-state index contributed by atoms with van der Waals surface area (Å²) in [6, 6.07) is 6.22. The number of anilines is 1. The second-order valence-corrected chi connectivity index (χ2v) is 5.06. The number of likely N-dealkylation sites (tertiary alicyclic amines) is 1. The van der Waals surface area contributed by atoms with Gasteiger partial charge < -0.3 is 20.1 Å². The molecule has 2 amide bonds. The highest BCUT2D eigenvalue weighted by Crippen LogP contribution is 2.21. The molecule has 0 aliphatic carbocycles.